The molecule has 0 amide bonds. The van der Waals surface area contributed by atoms with Gasteiger partial charge in [-0.15, -0.1) is 0 Å². The molecule has 0 spiro atoms. The Morgan fingerprint density at radius 1 is 0.662 bits per heavy atom. The van der Waals surface area contributed by atoms with E-state index < -0.39 is 24.6 Å². The lowest BCUT2D eigenvalue weighted by Crippen LogP contribution is -2.59. The van der Waals surface area contributed by atoms with Gasteiger partial charge in [0.25, 0.3) is 0 Å². The fraction of sp³-hybridized carbons (Fsp3) is 0.559. The Morgan fingerprint density at radius 3 is 1.89 bits per heavy atom. The monoisotopic (exact) mass is 995 g/mol. The molecule has 0 N–H and O–H groups in total. The normalized spacial score (nSPS) is 30.9. The van der Waals surface area contributed by atoms with Crippen molar-refractivity contribution in [2.75, 3.05) is 34.1 Å². The Morgan fingerprint density at radius 2 is 1.27 bits per heavy atom. The van der Waals surface area contributed by atoms with Gasteiger partial charge in [-0.3, -0.25) is 0 Å². The Bertz CT molecular complexity index is 2270. The third-order valence-electron chi connectivity index (χ3n) is 15.2. The van der Waals surface area contributed by atoms with Crippen molar-refractivity contribution < 1.29 is 51.9 Å². The summed E-state index contributed by atoms with van der Waals surface area (Å²) in [6.45, 7) is 12.2. The van der Waals surface area contributed by atoms with Crippen LogP contribution in [-0.4, -0.2) is 100 Å². The summed E-state index contributed by atoms with van der Waals surface area (Å²) in [7, 11) is 1.96. The standard InChI is InChI=1S/C59H79O11P/c1-41-35-53(65-40-44-25-29-46(62-7)30-26-44)49(31-33-64-39-43-23-27-45(61-6)28-24-43)67-56-37-54-55(70-59(56,5)38-41)36-42(2)57-52(66-54)22-16-15-21-51(69-58(3,4)63-8)50(68-57)32-34-71(60,47-17-11-9-12-18-47)48-19-13-10-14-20-48/h9-20,23-30,41-42,49-57H,21-22,31-40H2,1-8H3/b16-15-/t41-,42+,49-,50+,51-,52+,53+,54-,55+,56+,57-,59-/m1/s1. The van der Waals surface area contributed by atoms with Crippen LogP contribution in [0.25, 0.3) is 0 Å². The van der Waals surface area contributed by atoms with Crippen LogP contribution in [0.3, 0.4) is 0 Å². The summed E-state index contributed by atoms with van der Waals surface area (Å²) in [5.41, 5.74) is 1.60. The van der Waals surface area contributed by atoms with Gasteiger partial charge >= 0.3 is 0 Å². The van der Waals surface area contributed by atoms with Gasteiger partial charge in [-0.1, -0.05) is 111 Å². The average molecular weight is 995 g/mol. The summed E-state index contributed by atoms with van der Waals surface area (Å²) < 4.78 is 81.6. The van der Waals surface area contributed by atoms with Crippen LogP contribution < -0.4 is 20.1 Å². The van der Waals surface area contributed by atoms with E-state index in [0.29, 0.717) is 64.0 Å². The summed E-state index contributed by atoms with van der Waals surface area (Å²) >= 11 is 0. The molecular formula is C59H79O11P. The van der Waals surface area contributed by atoms with E-state index in [4.69, 9.17) is 47.4 Å². The van der Waals surface area contributed by atoms with E-state index in [1.54, 1.807) is 21.3 Å². The molecule has 4 aromatic carbocycles. The Kier molecular flexibility index (Phi) is 18.4. The molecule has 12 heteroatoms. The number of fused-ring (bicyclic) bond motifs is 3. The molecular weight excluding hydrogens is 916 g/mol. The van der Waals surface area contributed by atoms with Gasteiger partial charge in [0.2, 0.25) is 0 Å². The fourth-order valence-corrected chi connectivity index (χ4v) is 14.0. The van der Waals surface area contributed by atoms with Gasteiger partial charge in [-0.25, -0.2) is 0 Å². The van der Waals surface area contributed by atoms with Crippen molar-refractivity contribution in [3.8, 4) is 11.5 Å². The van der Waals surface area contributed by atoms with Crippen LogP contribution in [0.15, 0.2) is 121 Å². The topological polar surface area (TPSA) is 109 Å². The maximum atomic E-state index is 15.4. The molecule has 12 atom stereocenters. The van der Waals surface area contributed by atoms with E-state index in [-0.39, 0.29) is 54.7 Å². The molecule has 0 aliphatic carbocycles. The zero-order valence-corrected chi connectivity index (χ0v) is 44.2. The average Bonchev–Trinajstić information content (AvgIpc) is 3.43. The molecule has 4 aliphatic heterocycles. The number of ether oxygens (including phenoxy) is 10. The first kappa shape index (κ1) is 53.4. The highest BCUT2D eigenvalue weighted by Crippen LogP contribution is 2.48. The molecule has 3 fully saturated rings. The number of benzene rings is 4. The Hall–Kier alpha value is -3.87. The Balaban J connectivity index is 1.03. The van der Waals surface area contributed by atoms with Gasteiger partial charge in [0.1, 0.15) is 18.6 Å². The summed E-state index contributed by atoms with van der Waals surface area (Å²) in [6.07, 6.45) is 8.00. The van der Waals surface area contributed by atoms with E-state index >= 15 is 4.57 Å². The first-order chi connectivity index (χ1) is 34.3. The molecule has 8 rings (SSSR count). The minimum absolute atomic E-state index is 0.0773. The zero-order chi connectivity index (χ0) is 50.0. The number of rotatable bonds is 18. The van der Waals surface area contributed by atoms with E-state index in [1.807, 2.05) is 111 Å². The molecule has 0 radical (unpaired) electrons. The highest BCUT2D eigenvalue weighted by molar-refractivity contribution is 7.78. The quantitative estimate of drug-likeness (QED) is 0.0411. The first-order valence-electron chi connectivity index (χ1n) is 26.0. The smallest absolute Gasteiger partial charge is 0.162 e. The van der Waals surface area contributed by atoms with Crippen molar-refractivity contribution >= 4 is 17.8 Å². The third-order valence-corrected chi connectivity index (χ3v) is 18.4. The summed E-state index contributed by atoms with van der Waals surface area (Å²) in [6, 6.07) is 35.8. The highest BCUT2D eigenvalue weighted by atomic mass is 31.2. The number of methoxy groups -OCH3 is 3. The lowest BCUT2D eigenvalue weighted by Gasteiger charge is -2.51. The van der Waals surface area contributed by atoms with Gasteiger partial charge in [-0.2, -0.15) is 0 Å². The molecule has 0 aromatic heterocycles. The molecule has 4 aliphatic rings. The summed E-state index contributed by atoms with van der Waals surface area (Å²) in [5, 5.41) is 1.68. The van der Waals surface area contributed by atoms with Gasteiger partial charge in [0.15, 0.2) is 5.79 Å². The molecule has 0 saturated carbocycles. The van der Waals surface area contributed by atoms with Crippen molar-refractivity contribution in [3.05, 3.63) is 132 Å². The molecule has 4 heterocycles. The van der Waals surface area contributed by atoms with Crippen LogP contribution in [0.4, 0.5) is 0 Å². The SMILES string of the molecule is COc1ccc(COCC[C@H]2O[C@H]3C[C@H]4O[C@H]5C/C=C\C[C@@H](OC(C)(C)OC)[C@H](CCP(=O)(c6ccccc6)c6ccccc6)O[C@@H]5[C@@H](C)C[C@@H]4O[C@]3(C)C[C@H](C)C[C@@H]2OCc2ccc(OC)cc2)cc1. The van der Waals surface area contributed by atoms with Crippen LogP contribution in [0.5, 0.6) is 11.5 Å². The van der Waals surface area contributed by atoms with Crippen LogP contribution in [0.2, 0.25) is 0 Å². The van der Waals surface area contributed by atoms with E-state index in [1.165, 1.54) is 0 Å². The predicted octanol–water partition coefficient (Wildman–Crippen LogP) is 11.0. The van der Waals surface area contributed by atoms with Gasteiger partial charge in [0, 0.05) is 36.9 Å². The molecule has 3 saturated heterocycles. The van der Waals surface area contributed by atoms with Crippen molar-refractivity contribution in [2.24, 2.45) is 11.8 Å². The molecule has 71 heavy (non-hydrogen) atoms. The van der Waals surface area contributed by atoms with Crippen LogP contribution in [0, 0.1) is 11.8 Å². The molecule has 0 unspecified atom stereocenters. The van der Waals surface area contributed by atoms with Gasteiger partial charge in [0.05, 0.1) is 88.0 Å². The number of hydrogen-bond acceptors (Lipinski definition) is 11. The molecule has 386 valence electrons. The second-order valence-electron chi connectivity index (χ2n) is 21.0. The third kappa shape index (κ3) is 13.7. The maximum absolute atomic E-state index is 15.4. The van der Waals surface area contributed by atoms with Crippen molar-refractivity contribution in [2.45, 2.75) is 166 Å². The lowest BCUT2D eigenvalue weighted by molar-refractivity contribution is -0.277. The summed E-state index contributed by atoms with van der Waals surface area (Å²) in [5.74, 6) is 1.13. The van der Waals surface area contributed by atoms with E-state index in [2.05, 4.69) is 45.1 Å². The van der Waals surface area contributed by atoms with Crippen LogP contribution in [0.1, 0.15) is 97.1 Å². The first-order valence-corrected chi connectivity index (χ1v) is 27.8. The van der Waals surface area contributed by atoms with E-state index in [9.17, 15) is 0 Å². The second-order valence-corrected chi connectivity index (χ2v) is 24.0. The second kappa shape index (κ2) is 24.4. The largest absolute Gasteiger partial charge is 0.497 e. The van der Waals surface area contributed by atoms with Gasteiger partial charge < -0.3 is 51.9 Å². The lowest BCUT2D eigenvalue weighted by atomic mass is 9.77. The predicted molar refractivity (Wildman–Crippen MR) is 278 cm³/mol. The van der Waals surface area contributed by atoms with Crippen molar-refractivity contribution in [1.29, 1.82) is 0 Å². The molecule has 0 bridgehead atoms. The zero-order valence-electron chi connectivity index (χ0n) is 43.3. The minimum atomic E-state index is -3.06. The number of hydrogen-bond donors (Lipinski definition) is 0. The van der Waals surface area contributed by atoms with Crippen LogP contribution >= 0.6 is 7.14 Å². The maximum Gasteiger partial charge on any atom is 0.162 e. The van der Waals surface area contributed by atoms with Crippen molar-refractivity contribution in [3.63, 3.8) is 0 Å². The molecule has 11 nitrogen and oxygen atoms in total. The molecule has 4 aromatic rings. The fourth-order valence-electron chi connectivity index (χ4n) is 11.2. The Labute approximate surface area is 423 Å². The van der Waals surface area contributed by atoms with E-state index in [0.717, 1.165) is 52.5 Å². The highest BCUT2D eigenvalue weighted by Gasteiger charge is 2.53. The van der Waals surface area contributed by atoms with Crippen molar-refractivity contribution in [1.82, 2.24) is 0 Å². The summed E-state index contributed by atoms with van der Waals surface area (Å²) in [4.78, 5) is 0. The van der Waals surface area contributed by atoms with Gasteiger partial charge in [-0.05, 0) is 113 Å². The minimum Gasteiger partial charge on any atom is -0.497 e. The van der Waals surface area contributed by atoms with Crippen LogP contribution in [-0.2, 0) is 55.7 Å².